The average Bonchev–Trinajstić information content (AvgIpc) is 3.47. The second-order valence-electron chi connectivity index (χ2n) is 7.12. The predicted octanol–water partition coefficient (Wildman–Crippen LogP) is 5.96. The fourth-order valence-corrected chi connectivity index (χ4v) is 5.08. The van der Waals surface area contributed by atoms with E-state index < -0.39 is 0 Å². The lowest BCUT2D eigenvalue weighted by Gasteiger charge is -2.12. The van der Waals surface area contributed by atoms with E-state index in [-0.39, 0.29) is 0 Å². The van der Waals surface area contributed by atoms with Gasteiger partial charge in [0.2, 0.25) is 0 Å². The first-order valence-electron chi connectivity index (χ1n) is 9.58. The molecule has 5 aromatic rings. The number of benzene rings is 2. The Morgan fingerprint density at radius 1 is 1.00 bits per heavy atom. The molecule has 2 aromatic carbocycles. The van der Waals surface area contributed by atoms with Gasteiger partial charge in [-0.3, -0.25) is 0 Å². The molecule has 7 heteroatoms. The van der Waals surface area contributed by atoms with Crippen LogP contribution < -0.4 is 4.74 Å². The zero-order valence-electron chi connectivity index (χ0n) is 16.9. The molecular formula is C23H20N4OS2. The lowest BCUT2D eigenvalue weighted by molar-refractivity contribution is 0.414. The fourth-order valence-electron chi connectivity index (χ4n) is 3.58. The van der Waals surface area contributed by atoms with Gasteiger partial charge in [-0.2, -0.15) is 0 Å². The first kappa shape index (κ1) is 19.0. The van der Waals surface area contributed by atoms with Crippen molar-refractivity contribution in [2.45, 2.75) is 20.4 Å². The van der Waals surface area contributed by atoms with Crippen LogP contribution in [0, 0.1) is 13.8 Å². The summed E-state index contributed by atoms with van der Waals surface area (Å²) in [5.41, 5.74) is 8.27. The Labute approximate surface area is 182 Å². The van der Waals surface area contributed by atoms with Crippen LogP contribution in [0.3, 0.4) is 0 Å². The molecule has 0 radical (unpaired) electrons. The number of ether oxygens (including phenoxy) is 1. The summed E-state index contributed by atoms with van der Waals surface area (Å²) in [5.74, 6) is 1.82. The number of aromatic nitrogens is 4. The van der Waals surface area contributed by atoms with E-state index in [1.54, 1.807) is 29.8 Å². The van der Waals surface area contributed by atoms with E-state index in [2.05, 4.69) is 52.2 Å². The summed E-state index contributed by atoms with van der Waals surface area (Å²) in [6.45, 7) is 4.80. The van der Waals surface area contributed by atoms with Gasteiger partial charge >= 0.3 is 0 Å². The van der Waals surface area contributed by atoms with Crippen LogP contribution in [-0.4, -0.2) is 26.6 Å². The van der Waals surface area contributed by atoms with Gasteiger partial charge in [0.1, 0.15) is 22.3 Å². The minimum Gasteiger partial charge on any atom is -0.497 e. The van der Waals surface area contributed by atoms with Crippen LogP contribution in [0.4, 0.5) is 0 Å². The number of nitrogens with zero attached hydrogens (tertiary/aromatic N) is 4. The van der Waals surface area contributed by atoms with Crippen LogP contribution in [0.15, 0.2) is 53.4 Å². The highest BCUT2D eigenvalue weighted by atomic mass is 32.1. The van der Waals surface area contributed by atoms with Gasteiger partial charge in [-0.15, -0.1) is 22.7 Å². The van der Waals surface area contributed by atoms with Crippen LogP contribution in [0.2, 0.25) is 0 Å². The zero-order chi connectivity index (χ0) is 20.7. The van der Waals surface area contributed by atoms with Gasteiger partial charge in [0.25, 0.3) is 0 Å². The van der Waals surface area contributed by atoms with Crippen molar-refractivity contribution in [2.75, 3.05) is 7.11 Å². The third-order valence-corrected chi connectivity index (χ3v) is 6.84. The van der Waals surface area contributed by atoms with Crippen LogP contribution in [0.5, 0.6) is 5.75 Å². The van der Waals surface area contributed by atoms with E-state index in [0.29, 0.717) is 0 Å². The van der Waals surface area contributed by atoms with Crippen molar-refractivity contribution in [1.29, 1.82) is 0 Å². The summed E-state index contributed by atoms with van der Waals surface area (Å²) in [4.78, 5) is 14.1. The highest BCUT2D eigenvalue weighted by molar-refractivity contribution is 7.16. The summed E-state index contributed by atoms with van der Waals surface area (Å²) >= 11 is 3.29. The molecule has 0 N–H and O–H groups in total. The largest absolute Gasteiger partial charge is 0.497 e. The summed E-state index contributed by atoms with van der Waals surface area (Å²) in [5, 5.41) is 3.02. The molecule has 0 unspecified atom stereocenters. The van der Waals surface area contributed by atoms with E-state index in [1.165, 1.54) is 10.3 Å². The van der Waals surface area contributed by atoms with Crippen molar-refractivity contribution < 1.29 is 4.74 Å². The maximum atomic E-state index is 5.30. The Morgan fingerprint density at radius 2 is 1.83 bits per heavy atom. The topological polar surface area (TPSA) is 52.8 Å². The van der Waals surface area contributed by atoms with Crippen LogP contribution >= 0.6 is 22.7 Å². The average molecular weight is 433 g/mol. The van der Waals surface area contributed by atoms with Gasteiger partial charge < -0.3 is 9.30 Å². The molecule has 0 aliphatic rings. The van der Waals surface area contributed by atoms with Crippen molar-refractivity contribution >= 4 is 32.9 Å². The van der Waals surface area contributed by atoms with Gasteiger partial charge in [-0.1, -0.05) is 18.2 Å². The van der Waals surface area contributed by atoms with Crippen molar-refractivity contribution in [2.24, 2.45) is 0 Å². The normalized spacial score (nSPS) is 11.3. The molecular weight excluding hydrogens is 412 g/mol. The predicted molar refractivity (Wildman–Crippen MR) is 124 cm³/mol. The minimum absolute atomic E-state index is 0.725. The molecule has 5 nitrogen and oxygen atoms in total. The molecule has 0 saturated carbocycles. The molecule has 0 aliphatic carbocycles. The number of rotatable bonds is 5. The molecule has 0 fully saturated rings. The van der Waals surface area contributed by atoms with Gasteiger partial charge in [-0.05, 0) is 43.7 Å². The minimum atomic E-state index is 0.725. The van der Waals surface area contributed by atoms with Crippen molar-refractivity contribution in [3.63, 3.8) is 0 Å². The molecule has 0 amide bonds. The number of aryl methyl sites for hydroxylation is 2. The van der Waals surface area contributed by atoms with Gasteiger partial charge in [0.15, 0.2) is 0 Å². The molecule has 0 bridgehead atoms. The third-order valence-electron chi connectivity index (χ3n) is 5.08. The Balaban J connectivity index is 1.67. The molecule has 0 aliphatic heterocycles. The van der Waals surface area contributed by atoms with Gasteiger partial charge in [0, 0.05) is 23.2 Å². The lowest BCUT2D eigenvalue weighted by Crippen LogP contribution is -2.04. The summed E-state index contributed by atoms with van der Waals surface area (Å²) < 4.78 is 8.75. The molecule has 30 heavy (non-hydrogen) atoms. The number of hydrogen-bond acceptors (Lipinski definition) is 6. The highest BCUT2D eigenvalue weighted by Crippen LogP contribution is 2.36. The Morgan fingerprint density at radius 3 is 2.57 bits per heavy atom. The first-order chi connectivity index (χ1) is 14.6. The number of methoxy groups -OCH3 is 1. The van der Waals surface area contributed by atoms with E-state index in [0.717, 1.165) is 51.3 Å². The monoisotopic (exact) mass is 432 g/mol. The summed E-state index contributed by atoms with van der Waals surface area (Å²) in [6, 6.07) is 14.6. The molecule has 0 saturated heterocycles. The quantitative estimate of drug-likeness (QED) is 0.344. The summed E-state index contributed by atoms with van der Waals surface area (Å²) in [7, 11) is 1.69. The van der Waals surface area contributed by atoms with Crippen LogP contribution in [0.1, 0.15) is 17.1 Å². The van der Waals surface area contributed by atoms with Crippen LogP contribution in [-0.2, 0) is 6.54 Å². The first-order valence-corrected chi connectivity index (χ1v) is 11.3. The number of hydrogen-bond donors (Lipinski definition) is 0. The maximum Gasteiger partial charge on any atom is 0.144 e. The number of thiazole rings is 2. The lowest BCUT2D eigenvalue weighted by atomic mass is 10.1. The van der Waals surface area contributed by atoms with E-state index in [4.69, 9.17) is 14.7 Å². The standard InChI is InChI=1S/C23H20N4OS2/c1-14-12-29-23(25-14)21-22(17-6-9-19-20(10-17)30-13-24-19)27(15(2)26-21)11-16-4-7-18(28-3)8-5-16/h4-10,12-13H,11H2,1-3H3. The van der Waals surface area contributed by atoms with E-state index in [1.807, 2.05) is 24.6 Å². The Hall–Kier alpha value is -3.03. The molecule has 150 valence electrons. The van der Waals surface area contributed by atoms with Crippen molar-refractivity contribution in [1.82, 2.24) is 19.5 Å². The van der Waals surface area contributed by atoms with Crippen LogP contribution in [0.25, 0.3) is 32.2 Å². The number of fused-ring (bicyclic) bond motifs is 1. The fraction of sp³-hybridized carbons (Fsp3) is 0.174. The van der Waals surface area contributed by atoms with Gasteiger partial charge in [-0.25, -0.2) is 15.0 Å². The maximum absolute atomic E-state index is 5.30. The van der Waals surface area contributed by atoms with E-state index >= 15 is 0 Å². The second kappa shape index (κ2) is 7.66. The van der Waals surface area contributed by atoms with Gasteiger partial charge in [0.05, 0.1) is 28.5 Å². The van der Waals surface area contributed by atoms with Crippen molar-refractivity contribution in [3.05, 3.63) is 70.4 Å². The third kappa shape index (κ3) is 3.40. The van der Waals surface area contributed by atoms with Crippen molar-refractivity contribution in [3.8, 4) is 27.7 Å². The molecule has 5 rings (SSSR count). The molecule has 0 atom stereocenters. The SMILES string of the molecule is COc1ccc(Cn2c(C)nc(-c3nc(C)cs3)c2-c2ccc3ncsc3c2)cc1. The zero-order valence-corrected chi connectivity index (χ0v) is 18.5. The Kier molecular flexibility index (Phi) is 4.84. The molecule has 3 heterocycles. The summed E-state index contributed by atoms with van der Waals surface area (Å²) in [6.07, 6.45) is 0. The number of imidazole rings is 1. The van der Waals surface area contributed by atoms with E-state index in [9.17, 15) is 0 Å². The molecule has 0 spiro atoms. The highest BCUT2D eigenvalue weighted by Gasteiger charge is 2.21. The Bertz CT molecular complexity index is 1330. The molecule has 3 aromatic heterocycles. The smallest absolute Gasteiger partial charge is 0.144 e. The second-order valence-corrected chi connectivity index (χ2v) is 8.86.